The number of hydrogen-bond acceptors (Lipinski definition) is 7. The summed E-state index contributed by atoms with van der Waals surface area (Å²) in [4.78, 5) is 4.18. The molecule has 12 heteroatoms. The van der Waals surface area contributed by atoms with Crippen LogP contribution in [0, 0.1) is 5.92 Å². The van der Waals surface area contributed by atoms with Crippen LogP contribution in [0.4, 0.5) is 19.2 Å². The van der Waals surface area contributed by atoms with Crippen molar-refractivity contribution in [2.45, 2.75) is 38.1 Å². The average molecular weight is 434 g/mol. The summed E-state index contributed by atoms with van der Waals surface area (Å²) < 4.78 is 71.0. The van der Waals surface area contributed by atoms with Crippen LogP contribution in [0.5, 0.6) is 5.75 Å². The summed E-state index contributed by atoms with van der Waals surface area (Å²) in [6.07, 6.45) is -0.335. The maximum atomic E-state index is 12.4. The normalized spacial score (nSPS) is 20.4. The van der Waals surface area contributed by atoms with Gasteiger partial charge in [-0.25, -0.2) is 13.1 Å². The first-order chi connectivity index (χ1) is 13.6. The SMILES string of the molecule is CS(=O)(=O)NC[C@H]1CC[C@H](Nc2nc(-c3cccc(OC(F)(F)F)c3)no2)CC1. The molecule has 29 heavy (non-hydrogen) atoms. The number of rotatable bonds is 7. The maximum Gasteiger partial charge on any atom is 0.573 e. The lowest BCUT2D eigenvalue weighted by molar-refractivity contribution is -0.274. The quantitative estimate of drug-likeness (QED) is 0.689. The second-order valence-electron chi connectivity index (χ2n) is 6.98. The van der Waals surface area contributed by atoms with Crippen molar-refractivity contribution in [2.24, 2.45) is 5.92 Å². The zero-order valence-electron chi connectivity index (χ0n) is 15.6. The predicted octanol–water partition coefficient (Wildman–Crippen LogP) is 3.16. The lowest BCUT2D eigenvalue weighted by Crippen LogP contribution is -2.33. The van der Waals surface area contributed by atoms with Crippen LogP contribution in [0.1, 0.15) is 25.7 Å². The third kappa shape index (κ3) is 6.89. The van der Waals surface area contributed by atoms with E-state index in [0.29, 0.717) is 12.1 Å². The van der Waals surface area contributed by atoms with Gasteiger partial charge in [-0.15, -0.1) is 13.2 Å². The van der Waals surface area contributed by atoms with Crippen LogP contribution in [-0.2, 0) is 10.0 Å². The molecule has 0 aliphatic heterocycles. The molecule has 1 fully saturated rings. The molecule has 1 aromatic heterocycles. The van der Waals surface area contributed by atoms with Gasteiger partial charge in [0, 0.05) is 18.2 Å². The van der Waals surface area contributed by atoms with Crippen LogP contribution in [0.25, 0.3) is 11.4 Å². The van der Waals surface area contributed by atoms with Crippen molar-refractivity contribution in [3.8, 4) is 17.1 Å². The molecule has 3 rings (SSSR count). The Morgan fingerprint density at radius 3 is 2.62 bits per heavy atom. The number of anilines is 1. The zero-order chi connectivity index (χ0) is 21.1. The first kappa shape index (κ1) is 21.4. The molecular weight excluding hydrogens is 413 g/mol. The minimum atomic E-state index is -4.78. The highest BCUT2D eigenvalue weighted by molar-refractivity contribution is 7.88. The third-order valence-corrected chi connectivity index (χ3v) is 5.25. The maximum absolute atomic E-state index is 12.4. The molecule has 0 spiro atoms. The Labute approximate surface area is 165 Å². The second kappa shape index (κ2) is 8.57. The van der Waals surface area contributed by atoms with Crippen molar-refractivity contribution in [2.75, 3.05) is 18.1 Å². The van der Waals surface area contributed by atoms with Gasteiger partial charge in [-0.1, -0.05) is 17.3 Å². The van der Waals surface area contributed by atoms with E-state index in [4.69, 9.17) is 4.52 Å². The van der Waals surface area contributed by atoms with Crippen LogP contribution < -0.4 is 14.8 Å². The molecule has 2 aromatic rings. The molecule has 0 saturated heterocycles. The molecular formula is C17H21F3N4O4S. The van der Waals surface area contributed by atoms with Crippen molar-refractivity contribution in [3.63, 3.8) is 0 Å². The monoisotopic (exact) mass is 434 g/mol. The van der Waals surface area contributed by atoms with E-state index in [1.165, 1.54) is 18.2 Å². The van der Waals surface area contributed by atoms with Gasteiger partial charge in [0.05, 0.1) is 6.26 Å². The molecule has 0 bridgehead atoms. The number of ether oxygens (including phenoxy) is 1. The van der Waals surface area contributed by atoms with Crippen molar-refractivity contribution >= 4 is 16.0 Å². The highest BCUT2D eigenvalue weighted by atomic mass is 32.2. The number of alkyl halides is 3. The summed E-state index contributed by atoms with van der Waals surface area (Å²) in [5.41, 5.74) is 0.333. The number of aromatic nitrogens is 2. The fourth-order valence-corrected chi connectivity index (χ4v) is 3.72. The lowest BCUT2D eigenvalue weighted by Gasteiger charge is -2.28. The molecule has 0 atom stereocenters. The molecule has 1 aromatic carbocycles. The van der Waals surface area contributed by atoms with Crippen LogP contribution in [-0.4, -0.2) is 43.8 Å². The van der Waals surface area contributed by atoms with E-state index in [0.717, 1.165) is 31.9 Å². The zero-order valence-corrected chi connectivity index (χ0v) is 16.4. The van der Waals surface area contributed by atoms with E-state index in [1.54, 1.807) is 6.07 Å². The molecule has 8 nitrogen and oxygen atoms in total. The minimum Gasteiger partial charge on any atom is -0.406 e. The van der Waals surface area contributed by atoms with E-state index in [9.17, 15) is 21.6 Å². The number of nitrogens with one attached hydrogen (secondary N) is 2. The highest BCUT2D eigenvalue weighted by Gasteiger charge is 2.31. The molecule has 2 N–H and O–H groups in total. The topological polar surface area (TPSA) is 106 Å². The van der Waals surface area contributed by atoms with Gasteiger partial charge < -0.3 is 14.6 Å². The van der Waals surface area contributed by atoms with Crippen molar-refractivity contribution in [1.29, 1.82) is 0 Å². The largest absolute Gasteiger partial charge is 0.573 e. The smallest absolute Gasteiger partial charge is 0.406 e. The molecule has 1 aliphatic carbocycles. The lowest BCUT2D eigenvalue weighted by atomic mass is 9.86. The number of halogens is 3. The first-order valence-electron chi connectivity index (χ1n) is 8.98. The number of nitrogens with zero attached hydrogens (tertiary/aromatic N) is 2. The third-order valence-electron chi connectivity index (χ3n) is 4.56. The molecule has 1 aliphatic rings. The summed E-state index contributed by atoms with van der Waals surface area (Å²) in [5, 5.41) is 6.93. The van der Waals surface area contributed by atoms with Gasteiger partial charge in [-0.05, 0) is 43.7 Å². The van der Waals surface area contributed by atoms with E-state index in [1.807, 2.05) is 0 Å². The number of benzene rings is 1. The molecule has 160 valence electrons. The van der Waals surface area contributed by atoms with Crippen molar-refractivity contribution in [3.05, 3.63) is 24.3 Å². The Kier molecular flexibility index (Phi) is 6.32. The molecule has 1 heterocycles. The average Bonchev–Trinajstić information content (AvgIpc) is 3.08. The van der Waals surface area contributed by atoms with Gasteiger partial charge in [0.15, 0.2) is 0 Å². The van der Waals surface area contributed by atoms with Crippen molar-refractivity contribution < 1.29 is 30.8 Å². The Morgan fingerprint density at radius 2 is 1.97 bits per heavy atom. The molecule has 0 radical (unpaired) electrons. The summed E-state index contributed by atoms with van der Waals surface area (Å²) in [6, 6.07) is 5.61. The molecule has 0 amide bonds. The summed E-state index contributed by atoms with van der Waals surface area (Å²) in [6.45, 7) is 0.423. The van der Waals surface area contributed by atoms with Gasteiger partial charge in [0.2, 0.25) is 15.8 Å². The Balaban J connectivity index is 1.54. The Hall–Kier alpha value is -2.34. The summed E-state index contributed by atoms with van der Waals surface area (Å²) >= 11 is 0. The van der Waals surface area contributed by atoms with E-state index >= 15 is 0 Å². The Morgan fingerprint density at radius 1 is 1.24 bits per heavy atom. The summed E-state index contributed by atoms with van der Waals surface area (Å²) in [5.74, 6) is 0.0545. The Bertz CT molecular complexity index is 925. The van der Waals surface area contributed by atoms with Crippen LogP contribution in [0.3, 0.4) is 0 Å². The highest BCUT2D eigenvalue weighted by Crippen LogP contribution is 2.29. The van der Waals surface area contributed by atoms with Crippen molar-refractivity contribution in [1.82, 2.24) is 14.9 Å². The van der Waals surface area contributed by atoms with Gasteiger partial charge in [0.1, 0.15) is 5.75 Å². The standard InChI is InChI=1S/C17H21F3N4O4S/c1-29(25,26)21-10-11-5-7-13(8-6-11)22-16-23-15(24-28-16)12-3-2-4-14(9-12)27-17(18,19)20/h2-4,9,11,13,21H,5-8,10H2,1H3,(H,22,23,24)/t11-,13-. The van der Waals surface area contributed by atoms with Gasteiger partial charge in [-0.3, -0.25) is 0 Å². The fourth-order valence-electron chi connectivity index (χ4n) is 3.19. The first-order valence-corrected chi connectivity index (χ1v) is 10.9. The van der Waals surface area contributed by atoms with Crippen LogP contribution in [0.2, 0.25) is 0 Å². The minimum absolute atomic E-state index is 0.0951. The second-order valence-corrected chi connectivity index (χ2v) is 8.81. The predicted molar refractivity (Wildman–Crippen MR) is 98.6 cm³/mol. The fraction of sp³-hybridized carbons (Fsp3) is 0.529. The van der Waals surface area contributed by atoms with Crippen LogP contribution >= 0.6 is 0 Å². The van der Waals surface area contributed by atoms with E-state index in [-0.39, 0.29) is 29.5 Å². The molecule has 0 unspecified atom stereocenters. The van der Waals surface area contributed by atoms with Gasteiger partial charge >= 0.3 is 12.4 Å². The van der Waals surface area contributed by atoms with Gasteiger partial charge in [-0.2, -0.15) is 4.98 Å². The van der Waals surface area contributed by atoms with Crippen LogP contribution in [0.15, 0.2) is 28.8 Å². The summed E-state index contributed by atoms with van der Waals surface area (Å²) in [7, 11) is -3.19. The number of sulfonamides is 1. The van der Waals surface area contributed by atoms with Gasteiger partial charge in [0.25, 0.3) is 0 Å². The van der Waals surface area contributed by atoms with E-state index in [2.05, 4.69) is 24.9 Å². The number of hydrogen-bond donors (Lipinski definition) is 2. The van der Waals surface area contributed by atoms with E-state index < -0.39 is 16.4 Å². The molecule has 1 saturated carbocycles.